The summed E-state index contributed by atoms with van der Waals surface area (Å²) in [7, 11) is 0. The summed E-state index contributed by atoms with van der Waals surface area (Å²) in [4.78, 5) is 0. The Kier molecular flexibility index (Phi) is 4.26. The molecule has 1 heteroatoms. The first-order chi connectivity index (χ1) is 11.1. The molecule has 0 fully saturated rings. The first-order valence-electron chi connectivity index (χ1n) is 7.58. The van der Waals surface area contributed by atoms with Gasteiger partial charge in [0, 0.05) is 11.1 Å². The Morgan fingerprint density at radius 1 is 0.739 bits per heavy atom. The lowest BCUT2D eigenvalue weighted by Crippen LogP contribution is -1.89. The molecule has 0 nitrogen and oxygen atoms in total. The second kappa shape index (κ2) is 6.50. The lowest BCUT2D eigenvalue weighted by atomic mass is 9.96. The number of hydrogen-bond acceptors (Lipinski definition) is 0. The van der Waals surface area contributed by atoms with E-state index in [0.717, 1.165) is 27.8 Å². The van der Waals surface area contributed by atoms with E-state index >= 15 is 0 Å². The van der Waals surface area contributed by atoms with Crippen LogP contribution in [0.3, 0.4) is 0 Å². The fourth-order valence-corrected chi connectivity index (χ4v) is 2.53. The van der Waals surface area contributed by atoms with Crippen molar-refractivity contribution in [2.24, 2.45) is 0 Å². The van der Waals surface area contributed by atoms with Gasteiger partial charge in [-0.05, 0) is 60.9 Å². The molecule has 0 aliphatic heterocycles. The highest BCUT2D eigenvalue weighted by molar-refractivity contribution is 5.74. The molecule has 3 aromatic rings. The van der Waals surface area contributed by atoms with Crippen molar-refractivity contribution in [1.82, 2.24) is 0 Å². The zero-order valence-electron chi connectivity index (χ0n) is 13.2. The molecule has 3 aromatic carbocycles. The van der Waals surface area contributed by atoms with Gasteiger partial charge < -0.3 is 0 Å². The molecule has 0 aliphatic rings. The number of rotatable bonds is 1. The van der Waals surface area contributed by atoms with Gasteiger partial charge in [-0.15, -0.1) is 0 Å². The van der Waals surface area contributed by atoms with Gasteiger partial charge >= 0.3 is 0 Å². The number of benzene rings is 3. The van der Waals surface area contributed by atoms with E-state index in [1.54, 1.807) is 6.07 Å². The second-order valence-corrected chi connectivity index (χ2v) is 5.62. The predicted molar refractivity (Wildman–Crippen MR) is 93.7 cm³/mol. The molecule has 0 amide bonds. The number of hydrogen-bond donors (Lipinski definition) is 0. The maximum atomic E-state index is 13.3. The molecule has 3 rings (SSSR count). The predicted octanol–water partition coefficient (Wildman–Crippen LogP) is 5.51. The van der Waals surface area contributed by atoms with Crippen LogP contribution in [0.1, 0.15) is 22.3 Å². The lowest BCUT2D eigenvalue weighted by molar-refractivity contribution is 0.627. The summed E-state index contributed by atoms with van der Waals surface area (Å²) in [5, 5.41) is 0. The van der Waals surface area contributed by atoms with E-state index in [2.05, 4.69) is 30.9 Å². The Morgan fingerprint density at radius 3 is 2.22 bits per heavy atom. The topological polar surface area (TPSA) is 0 Å². The van der Waals surface area contributed by atoms with Gasteiger partial charge in [-0.2, -0.15) is 0 Å². The first kappa shape index (κ1) is 15.1. The van der Waals surface area contributed by atoms with E-state index in [9.17, 15) is 4.39 Å². The summed E-state index contributed by atoms with van der Waals surface area (Å²) in [6.45, 7) is 3.98. The highest BCUT2D eigenvalue weighted by Crippen LogP contribution is 2.27. The number of halogens is 1. The van der Waals surface area contributed by atoms with E-state index in [0.29, 0.717) is 0 Å². The van der Waals surface area contributed by atoms with Gasteiger partial charge in [0.05, 0.1) is 0 Å². The van der Waals surface area contributed by atoms with Crippen LogP contribution < -0.4 is 0 Å². The van der Waals surface area contributed by atoms with Crippen molar-refractivity contribution in [2.45, 2.75) is 13.8 Å². The smallest absolute Gasteiger partial charge is 0.123 e. The van der Waals surface area contributed by atoms with E-state index in [4.69, 9.17) is 0 Å². The van der Waals surface area contributed by atoms with Crippen LogP contribution in [-0.4, -0.2) is 0 Å². The third kappa shape index (κ3) is 3.49. The highest BCUT2D eigenvalue weighted by atomic mass is 19.1. The van der Waals surface area contributed by atoms with Crippen LogP contribution in [0.5, 0.6) is 0 Å². The van der Waals surface area contributed by atoms with Gasteiger partial charge in [0.2, 0.25) is 0 Å². The summed E-state index contributed by atoms with van der Waals surface area (Å²) in [5.74, 6) is 6.24. The van der Waals surface area contributed by atoms with Crippen molar-refractivity contribution in [2.75, 3.05) is 0 Å². The molecular formula is C22H17F. The van der Waals surface area contributed by atoms with Crippen molar-refractivity contribution in [1.29, 1.82) is 0 Å². The maximum absolute atomic E-state index is 13.3. The Labute approximate surface area is 136 Å². The summed E-state index contributed by atoms with van der Waals surface area (Å²) in [6.07, 6.45) is 0. The van der Waals surface area contributed by atoms with Crippen molar-refractivity contribution < 1.29 is 4.39 Å². The van der Waals surface area contributed by atoms with Crippen LogP contribution in [0.4, 0.5) is 4.39 Å². The molecule has 0 aliphatic carbocycles. The molecule has 0 aromatic heterocycles. The lowest BCUT2D eigenvalue weighted by Gasteiger charge is -2.08. The Morgan fingerprint density at radius 2 is 1.48 bits per heavy atom. The van der Waals surface area contributed by atoms with Gasteiger partial charge in [0.25, 0.3) is 0 Å². The summed E-state index contributed by atoms with van der Waals surface area (Å²) >= 11 is 0. The molecular weight excluding hydrogens is 283 g/mol. The summed E-state index contributed by atoms with van der Waals surface area (Å²) in [6, 6.07) is 21.0. The highest BCUT2D eigenvalue weighted by Gasteiger charge is 2.06. The van der Waals surface area contributed by atoms with Crippen LogP contribution in [0.2, 0.25) is 0 Å². The molecule has 0 heterocycles. The van der Waals surface area contributed by atoms with Crippen LogP contribution in [-0.2, 0) is 0 Å². The van der Waals surface area contributed by atoms with Crippen molar-refractivity contribution >= 4 is 0 Å². The molecule has 0 bridgehead atoms. The van der Waals surface area contributed by atoms with Gasteiger partial charge in [0.1, 0.15) is 5.82 Å². The molecule has 0 spiro atoms. The minimum absolute atomic E-state index is 0.213. The van der Waals surface area contributed by atoms with E-state index in [-0.39, 0.29) is 5.82 Å². The fraction of sp³-hybridized carbons (Fsp3) is 0.0909. The minimum Gasteiger partial charge on any atom is -0.207 e. The van der Waals surface area contributed by atoms with E-state index in [1.807, 2.05) is 49.4 Å². The van der Waals surface area contributed by atoms with Crippen molar-refractivity contribution in [3.05, 3.63) is 94.8 Å². The average molecular weight is 300 g/mol. The van der Waals surface area contributed by atoms with E-state index < -0.39 is 0 Å². The van der Waals surface area contributed by atoms with Crippen molar-refractivity contribution in [3.63, 3.8) is 0 Å². The summed E-state index contributed by atoms with van der Waals surface area (Å²) < 4.78 is 13.3. The second-order valence-electron chi connectivity index (χ2n) is 5.62. The van der Waals surface area contributed by atoms with Gasteiger partial charge in [-0.1, -0.05) is 53.8 Å². The Bertz CT molecular complexity index is 893. The van der Waals surface area contributed by atoms with Gasteiger partial charge in [-0.25, -0.2) is 4.39 Å². The summed E-state index contributed by atoms with van der Waals surface area (Å²) in [5.41, 5.74) is 6.11. The van der Waals surface area contributed by atoms with Crippen LogP contribution >= 0.6 is 0 Å². The fourth-order valence-electron chi connectivity index (χ4n) is 2.53. The van der Waals surface area contributed by atoms with Gasteiger partial charge in [0.15, 0.2) is 0 Å². The Hall–Kier alpha value is -2.85. The molecule has 112 valence electrons. The third-order valence-electron chi connectivity index (χ3n) is 3.80. The first-order valence-corrected chi connectivity index (χ1v) is 7.58. The molecule has 0 saturated carbocycles. The molecule has 0 N–H and O–H groups in total. The maximum Gasteiger partial charge on any atom is 0.123 e. The molecule has 23 heavy (non-hydrogen) atoms. The molecule has 0 radical (unpaired) electrons. The monoisotopic (exact) mass is 300 g/mol. The van der Waals surface area contributed by atoms with Crippen LogP contribution in [0.25, 0.3) is 11.1 Å². The quantitative estimate of drug-likeness (QED) is 0.520. The van der Waals surface area contributed by atoms with Crippen molar-refractivity contribution in [3.8, 4) is 23.0 Å². The van der Waals surface area contributed by atoms with E-state index in [1.165, 1.54) is 11.6 Å². The normalized spacial score (nSPS) is 10.0. The SMILES string of the molecule is Cc1ccc(C#Cc2ccccc2-c2ccc(F)cc2C)cc1. The standard InChI is InChI=1S/C22H17F/c1-16-7-9-18(10-8-16)11-12-19-5-3-4-6-22(19)21-14-13-20(23)15-17(21)2/h3-10,13-15H,1-2H3. The minimum atomic E-state index is -0.213. The van der Waals surface area contributed by atoms with Crippen LogP contribution in [0, 0.1) is 31.5 Å². The largest absolute Gasteiger partial charge is 0.207 e. The molecule has 0 atom stereocenters. The zero-order chi connectivity index (χ0) is 16.2. The zero-order valence-corrected chi connectivity index (χ0v) is 13.2. The molecule has 0 saturated heterocycles. The van der Waals surface area contributed by atoms with Gasteiger partial charge in [-0.3, -0.25) is 0 Å². The number of aryl methyl sites for hydroxylation is 2. The molecule has 0 unspecified atom stereocenters. The third-order valence-corrected chi connectivity index (χ3v) is 3.80. The average Bonchev–Trinajstić information content (AvgIpc) is 2.55. The Balaban J connectivity index is 2.03. The van der Waals surface area contributed by atoms with Crippen LogP contribution in [0.15, 0.2) is 66.7 Å².